The van der Waals surface area contributed by atoms with Crippen LogP contribution >= 0.6 is 0 Å². The third kappa shape index (κ3) is 6.18. The monoisotopic (exact) mass is 467 g/mol. The Hall–Kier alpha value is -1.52. The molecule has 190 valence electrons. The van der Waals surface area contributed by atoms with Gasteiger partial charge in [-0.3, -0.25) is 4.90 Å². The molecule has 2 saturated heterocycles. The van der Waals surface area contributed by atoms with E-state index in [1.165, 1.54) is 68.7 Å². The van der Waals surface area contributed by atoms with Crippen molar-refractivity contribution in [3.63, 3.8) is 0 Å². The van der Waals surface area contributed by atoms with Crippen molar-refractivity contribution in [2.45, 2.75) is 78.7 Å². The number of rotatable bonds is 7. The van der Waals surface area contributed by atoms with Crippen molar-refractivity contribution < 1.29 is 4.74 Å². The number of benzene rings is 1. The van der Waals surface area contributed by atoms with Gasteiger partial charge in [-0.25, -0.2) is 0 Å². The Labute approximate surface area is 209 Å². The topological polar surface area (TPSA) is 19.0 Å². The molecule has 2 fully saturated rings. The third-order valence-corrected chi connectivity index (χ3v) is 8.65. The molecular formula is C30H49N3O. The van der Waals surface area contributed by atoms with Gasteiger partial charge >= 0.3 is 0 Å². The van der Waals surface area contributed by atoms with E-state index in [0.29, 0.717) is 11.5 Å². The second kappa shape index (κ2) is 11.5. The van der Waals surface area contributed by atoms with Crippen LogP contribution in [0, 0.1) is 11.3 Å². The summed E-state index contributed by atoms with van der Waals surface area (Å²) in [7, 11) is 2.28. The van der Waals surface area contributed by atoms with Crippen molar-refractivity contribution in [1.82, 2.24) is 4.90 Å². The zero-order valence-electron chi connectivity index (χ0n) is 22.6. The predicted molar refractivity (Wildman–Crippen MR) is 147 cm³/mol. The molecular weight excluding hydrogens is 418 g/mol. The fraction of sp³-hybridized carbons (Fsp3) is 0.733. The molecule has 0 radical (unpaired) electrons. The summed E-state index contributed by atoms with van der Waals surface area (Å²) < 4.78 is 5.63. The second-order valence-electron chi connectivity index (χ2n) is 11.9. The molecule has 0 N–H and O–H groups in total. The number of hydrogen-bond donors (Lipinski definition) is 0. The number of ether oxygens (including phenoxy) is 1. The van der Waals surface area contributed by atoms with Crippen LogP contribution in [0.15, 0.2) is 24.3 Å². The van der Waals surface area contributed by atoms with Gasteiger partial charge in [0.25, 0.3) is 0 Å². The van der Waals surface area contributed by atoms with Crippen LogP contribution in [0.25, 0.3) is 5.57 Å². The molecule has 34 heavy (non-hydrogen) atoms. The van der Waals surface area contributed by atoms with Gasteiger partial charge in [-0.15, -0.1) is 0 Å². The average molecular weight is 468 g/mol. The average Bonchev–Trinajstić information content (AvgIpc) is 2.87. The van der Waals surface area contributed by atoms with Crippen molar-refractivity contribution in [2.24, 2.45) is 11.3 Å². The van der Waals surface area contributed by atoms with Crippen molar-refractivity contribution >= 4 is 16.9 Å². The van der Waals surface area contributed by atoms with Gasteiger partial charge in [0.1, 0.15) is 0 Å². The van der Waals surface area contributed by atoms with E-state index in [4.69, 9.17) is 4.74 Å². The van der Waals surface area contributed by atoms with E-state index in [1.807, 2.05) is 0 Å². The summed E-state index contributed by atoms with van der Waals surface area (Å²) in [6.45, 7) is 17.2. The SMILES string of the molecule is CCCCN1CCN(c2ccc(N(C)C3CCOCC3)cc2C2=CCC(C(C)(C)C)CC2)CC1. The maximum Gasteiger partial charge on any atom is 0.0485 e. The highest BCUT2D eigenvalue weighted by Crippen LogP contribution is 2.42. The Balaban J connectivity index is 1.57. The van der Waals surface area contributed by atoms with E-state index in [2.05, 4.69) is 73.7 Å². The Morgan fingerprint density at radius 3 is 2.38 bits per heavy atom. The summed E-state index contributed by atoms with van der Waals surface area (Å²) in [4.78, 5) is 7.83. The molecule has 2 aliphatic heterocycles. The Bertz CT molecular complexity index is 813. The van der Waals surface area contributed by atoms with E-state index < -0.39 is 0 Å². The molecule has 3 aliphatic rings. The summed E-state index contributed by atoms with van der Waals surface area (Å²) in [5, 5.41) is 0. The summed E-state index contributed by atoms with van der Waals surface area (Å²) in [6, 6.07) is 7.90. The second-order valence-corrected chi connectivity index (χ2v) is 11.9. The van der Waals surface area contributed by atoms with Crippen LogP contribution in [0.2, 0.25) is 0 Å². The van der Waals surface area contributed by atoms with Crippen LogP contribution in [-0.4, -0.2) is 63.9 Å². The molecule has 1 unspecified atom stereocenters. The predicted octanol–water partition coefficient (Wildman–Crippen LogP) is 6.45. The summed E-state index contributed by atoms with van der Waals surface area (Å²) >= 11 is 0. The van der Waals surface area contributed by atoms with Gasteiger partial charge < -0.3 is 14.5 Å². The first kappa shape index (κ1) is 25.6. The minimum Gasteiger partial charge on any atom is -0.381 e. The minimum absolute atomic E-state index is 0.394. The number of allylic oxidation sites excluding steroid dienone is 2. The number of unbranched alkanes of at least 4 members (excludes halogenated alkanes) is 1. The molecule has 2 heterocycles. The van der Waals surface area contributed by atoms with E-state index in [-0.39, 0.29) is 0 Å². The Morgan fingerprint density at radius 1 is 1.03 bits per heavy atom. The highest BCUT2D eigenvalue weighted by Gasteiger charge is 2.29. The van der Waals surface area contributed by atoms with Gasteiger partial charge in [-0.05, 0) is 80.2 Å². The molecule has 0 spiro atoms. The van der Waals surface area contributed by atoms with Crippen LogP contribution in [-0.2, 0) is 4.74 Å². The largest absolute Gasteiger partial charge is 0.381 e. The number of anilines is 2. The zero-order valence-corrected chi connectivity index (χ0v) is 22.6. The van der Waals surface area contributed by atoms with Crippen molar-refractivity contribution in [3.05, 3.63) is 29.8 Å². The molecule has 4 heteroatoms. The third-order valence-electron chi connectivity index (χ3n) is 8.65. The van der Waals surface area contributed by atoms with Crippen LogP contribution in [0.3, 0.4) is 0 Å². The lowest BCUT2D eigenvalue weighted by Gasteiger charge is -2.39. The fourth-order valence-electron chi connectivity index (χ4n) is 6.02. The normalized spacial score (nSPS) is 23.1. The molecule has 4 rings (SSSR count). The number of nitrogens with zero attached hydrogens (tertiary/aromatic N) is 3. The molecule has 1 aromatic carbocycles. The molecule has 0 bridgehead atoms. The van der Waals surface area contributed by atoms with Crippen LogP contribution < -0.4 is 9.80 Å². The van der Waals surface area contributed by atoms with Crippen molar-refractivity contribution in [1.29, 1.82) is 0 Å². The summed E-state index contributed by atoms with van der Waals surface area (Å²) in [5.74, 6) is 0.787. The van der Waals surface area contributed by atoms with Gasteiger partial charge in [0.15, 0.2) is 0 Å². The van der Waals surface area contributed by atoms with Crippen LogP contribution in [0.1, 0.15) is 78.2 Å². The Kier molecular flexibility index (Phi) is 8.63. The number of hydrogen-bond acceptors (Lipinski definition) is 4. The van der Waals surface area contributed by atoms with Crippen molar-refractivity contribution in [3.8, 4) is 0 Å². The molecule has 4 nitrogen and oxygen atoms in total. The zero-order chi connectivity index (χ0) is 24.1. The van der Waals surface area contributed by atoms with E-state index >= 15 is 0 Å². The van der Waals surface area contributed by atoms with Gasteiger partial charge in [-0.1, -0.05) is 40.2 Å². The molecule has 1 aliphatic carbocycles. The first-order valence-electron chi connectivity index (χ1n) is 14.0. The lowest BCUT2D eigenvalue weighted by Crippen LogP contribution is -2.47. The molecule has 0 saturated carbocycles. The maximum atomic E-state index is 5.63. The molecule has 0 amide bonds. The lowest BCUT2D eigenvalue weighted by atomic mass is 9.72. The fourth-order valence-corrected chi connectivity index (χ4v) is 6.02. The highest BCUT2D eigenvalue weighted by molar-refractivity contribution is 5.80. The van der Waals surface area contributed by atoms with Gasteiger partial charge in [0, 0.05) is 69.4 Å². The number of piperazine rings is 1. The smallest absolute Gasteiger partial charge is 0.0485 e. The van der Waals surface area contributed by atoms with Gasteiger partial charge in [0.05, 0.1) is 0 Å². The molecule has 0 aromatic heterocycles. The summed E-state index contributed by atoms with van der Waals surface area (Å²) in [6.07, 6.45) is 11.2. The first-order valence-corrected chi connectivity index (χ1v) is 14.0. The Morgan fingerprint density at radius 2 is 1.76 bits per heavy atom. The standard InChI is InChI=1S/C30H49N3O/c1-6-7-16-32-17-19-33(20-18-32)29-13-12-27(31(5)26-14-21-34-22-15-26)23-28(29)24-8-10-25(11-9-24)30(2,3)4/h8,12-13,23,25-26H,6-7,9-11,14-22H2,1-5H3. The lowest BCUT2D eigenvalue weighted by molar-refractivity contribution is 0.0855. The molecule has 1 atom stereocenters. The first-order chi connectivity index (χ1) is 16.4. The minimum atomic E-state index is 0.394. The van der Waals surface area contributed by atoms with E-state index in [0.717, 1.165) is 45.1 Å². The van der Waals surface area contributed by atoms with Crippen LogP contribution in [0.5, 0.6) is 0 Å². The van der Waals surface area contributed by atoms with Crippen LogP contribution in [0.4, 0.5) is 11.4 Å². The van der Waals surface area contributed by atoms with Gasteiger partial charge in [0.2, 0.25) is 0 Å². The van der Waals surface area contributed by atoms with E-state index in [9.17, 15) is 0 Å². The molecule has 1 aromatic rings. The maximum absolute atomic E-state index is 5.63. The van der Waals surface area contributed by atoms with Gasteiger partial charge in [-0.2, -0.15) is 0 Å². The summed E-state index contributed by atoms with van der Waals surface area (Å²) in [5.41, 5.74) is 6.29. The van der Waals surface area contributed by atoms with Crippen molar-refractivity contribution in [2.75, 3.05) is 62.8 Å². The van der Waals surface area contributed by atoms with E-state index in [1.54, 1.807) is 5.57 Å². The quantitative estimate of drug-likeness (QED) is 0.458. The highest BCUT2D eigenvalue weighted by atomic mass is 16.5.